The molecule has 13 N–H and O–H groups in total. The van der Waals surface area contributed by atoms with Crippen molar-refractivity contribution in [1.82, 2.24) is 0 Å². The van der Waals surface area contributed by atoms with E-state index in [1.54, 1.807) is 0 Å². The van der Waals surface area contributed by atoms with Crippen LogP contribution in [-0.2, 0) is 19.2 Å². The Morgan fingerprint density at radius 3 is 1.46 bits per heavy atom. The Morgan fingerprint density at radius 1 is 0.833 bits per heavy atom. The van der Waals surface area contributed by atoms with Gasteiger partial charge in [-0.1, -0.05) is 6.42 Å². The highest BCUT2D eigenvalue weighted by Crippen LogP contribution is 1.96. The molecular formula is C12H27N5O7. The molecule has 0 rings (SSSR count). The summed E-state index contributed by atoms with van der Waals surface area (Å²) in [6, 6.07) is -1.88. The number of nitrogens with two attached hydrogens (primary N) is 5. The summed E-state index contributed by atoms with van der Waals surface area (Å²) in [6.07, 6.45) is 1.85. The van der Waals surface area contributed by atoms with Crippen molar-refractivity contribution >= 4 is 23.8 Å². The van der Waals surface area contributed by atoms with Gasteiger partial charge in [-0.15, -0.1) is 0 Å². The zero-order valence-corrected chi connectivity index (χ0v) is 13.3. The predicted octanol–water partition coefficient (Wildman–Crippen LogP) is -3.17. The van der Waals surface area contributed by atoms with Crippen LogP contribution in [0.25, 0.3) is 0 Å². The second-order valence-corrected chi connectivity index (χ2v) is 4.44. The van der Waals surface area contributed by atoms with Crippen LogP contribution < -0.4 is 28.7 Å². The smallest absolute Gasteiger partial charge is 0.321 e. The lowest BCUT2D eigenvalue weighted by atomic mass is 10.1. The van der Waals surface area contributed by atoms with Gasteiger partial charge in [0.2, 0.25) is 5.91 Å². The van der Waals surface area contributed by atoms with Gasteiger partial charge in [0.1, 0.15) is 12.1 Å². The topological polar surface area (TPSA) is 259 Å². The van der Waals surface area contributed by atoms with Gasteiger partial charge in [0.25, 0.3) is 0 Å². The monoisotopic (exact) mass is 353 g/mol. The minimum absolute atomic E-state index is 0.278. The van der Waals surface area contributed by atoms with E-state index in [0.717, 1.165) is 12.8 Å². The SMILES string of the molecule is NC(=O)C[C@H](N)C(=O)O.NCC(=O)O.NCCCC[C@H](N)C(=O)O. The fourth-order valence-corrected chi connectivity index (χ4v) is 0.936. The number of aliphatic carboxylic acids is 3. The Kier molecular flexibility index (Phi) is 18.9. The largest absolute Gasteiger partial charge is 0.480 e. The Morgan fingerprint density at radius 2 is 1.25 bits per heavy atom. The second-order valence-electron chi connectivity index (χ2n) is 4.44. The predicted molar refractivity (Wildman–Crippen MR) is 84.6 cm³/mol. The van der Waals surface area contributed by atoms with Crippen LogP contribution in [0, 0.1) is 0 Å². The molecule has 12 heteroatoms. The van der Waals surface area contributed by atoms with Gasteiger partial charge in [-0.05, 0) is 19.4 Å². The third kappa shape index (κ3) is 24.7. The van der Waals surface area contributed by atoms with Crippen molar-refractivity contribution in [3.05, 3.63) is 0 Å². The Balaban J connectivity index is -0.000000291. The van der Waals surface area contributed by atoms with Gasteiger partial charge in [0.15, 0.2) is 0 Å². The molecule has 0 spiro atoms. The van der Waals surface area contributed by atoms with Crippen LogP contribution in [0.4, 0.5) is 0 Å². The maximum atomic E-state index is 10.1. The standard InChI is InChI=1S/C6H14N2O2.C4H8N2O3.C2H5NO2/c7-4-2-1-3-5(8)6(9)10;5-2(4(8)9)1-3(6)7;3-1-2(4)5/h5H,1-4,7-8H2,(H,9,10);2H,1,5H2,(H2,6,7)(H,8,9);1,3H2,(H,4,5)/t5-;2-;/m00./s1. The zero-order chi connectivity index (χ0) is 19.7. The van der Waals surface area contributed by atoms with Crippen LogP contribution in [0.5, 0.6) is 0 Å². The molecule has 0 bridgehead atoms. The number of hydrogen-bond acceptors (Lipinski definition) is 8. The molecule has 0 radical (unpaired) electrons. The molecule has 0 heterocycles. The number of unbranched alkanes of at least 4 members (excludes halogenated alkanes) is 1. The van der Waals surface area contributed by atoms with Crippen LogP contribution in [-0.4, -0.2) is 64.3 Å². The summed E-state index contributed by atoms with van der Waals surface area (Å²) in [5.41, 5.74) is 24.6. The minimum Gasteiger partial charge on any atom is -0.480 e. The summed E-state index contributed by atoms with van der Waals surface area (Å²) in [6.45, 7) is 0.326. The summed E-state index contributed by atoms with van der Waals surface area (Å²) in [5.74, 6) is -3.82. The number of amides is 1. The molecule has 0 saturated heterocycles. The molecule has 0 aromatic carbocycles. The molecule has 0 aliphatic carbocycles. The molecular weight excluding hydrogens is 326 g/mol. The third-order valence-electron chi connectivity index (χ3n) is 2.20. The van der Waals surface area contributed by atoms with Crippen molar-refractivity contribution in [2.75, 3.05) is 13.1 Å². The molecule has 0 aliphatic rings. The van der Waals surface area contributed by atoms with Gasteiger partial charge in [-0.3, -0.25) is 19.2 Å². The molecule has 1 amide bonds. The number of rotatable bonds is 9. The number of hydrogen-bond donors (Lipinski definition) is 8. The summed E-state index contributed by atoms with van der Waals surface area (Å²) >= 11 is 0. The normalized spacial score (nSPS) is 11.7. The first-order valence-corrected chi connectivity index (χ1v) is 6.86. The first-order valence-electron chi connectivity index (χ1n) is 6.86. The molecule has 142 valence electrons. The Labute approximate surface area is 138 Å². The molecule has 24 heavy (non-hydrogen) atoms. The molecule has 0 aliphatic heterocycles. The second kappa shape index (κ2) is 17.1. The lowest BCUT2D eigenvalue weighted by molar-refractivity contribution is -0.140. The van der Waals surface area contributed by atoms with E-state index in [9.17, 15) is 19.2 Å². The van der Waals surface area contributed by atoms with Crippen molar-refractivity contribution in [3.8, 4) is 0 Å². The van der Waals surface area contributed by atoms with E-state index in [4.69, 9.17) is 32.5 Å². The molecule has 0 unspecified atom stereocenters. The van der Waals surface area contributed by atoms with E-state index in [-0.39, 0.29) is 13.0 Å². The fraction of sp³-hybridized carbons (Fsp3) is 0.667. The van der Waals surface area contributed by atoms with Crippen molar-refractivity contribution in [3.63, 3.8) is 0 Å². The molecule has 0 aromatic rings. The van der Waals surface area contributed by atoms with Crippen LogP contribution in [0.2, 0.25) is 0 Å². The van der Waals surface area contributed by atoms with E-state index >= 15 is 0 Å². The van der Waals surface area contributed by atoms with Gasteiger partial charge in [0.05, 0.1) is 13.0 Å². The van der Waals surface area contributed by atoms with Gasteiger partial charge in [-0.2, -0.15) is 0 Å². The van der Waals surface area contributed by atoms with Gasteiger partial charge >= 0.3 is 17.9 Å². The van der Waals surface area contributed by atoms with Crippen molar-refractivity contribution in [2.24, 2.45) is 28.7 Å². The minimum atomic E-state index is -1.21. The van der Waals surface area contributed by atoms with Crippen LogP contribution in [0.15, 0.2) is 0 Å². The van der Waals surface area contributed by atoms with E-state index in [1.807, 2.05) is 0 Å². The lowest BCUT2D eigenvalue weighted by Gasteiger charge is -2.03. The summed E-state index contributed by atoms with van der Waals surface area (Å²) in [7, 11) is 0. The summed E-state index contributed by atoms with van der Waals surface area (Å²) in [5, 5.41) is 24.0. The highest BCUT2D eigenvalue weighted by Gasteiger charge is 2.13. The van der Waals surface area contributed by atoms with E-state index < -0.39 is 35.9 Å². The zero-order valence-electron chi connectivity index (χ0n) is 13.3. The Hall–Kier alpha value is -2.28. The highest BCUT2D eigenvalue weighted by molar-refractivity contribution is 5.83. The number of carboxylic acid groups (broad SMARTS) is 3. The van der Waals surface area contributed by atoms with E-state index in [0.29, 0.717) is 13.0 Å². The fourth-order valence-electron chi connectivity index (χ4n) is 0.936. The summed E-state index contributed by atoms with van der Waals surface area (Å²) < 4.78 is 0. The molecule has 0 saturated carbocycles. The van der Waals surface area contributed by atoms with Crippen LogP contribution in [0.3, 0.4) is 0 Å². The number of carboxylic acids is 3. The van der Waals surface area contributed by atoms with Crippen molar-refractivity contribution in [1.29, 1.82) is 0 Å². The van der Waals surface area contributed by atoms with Gasteiger partial charge in [0, 0.05) is 0 Å². The van der Waals surface area contributed by atoms with Crippen molar-refractivity contribution < 1.29 is 34.5 Å². The molecule has 12 nitrogen and oxygen atoms in total. The third-order valence-corrected chi connectivity index (χ3v) is 2.20. The maximum absolute atomic E-state index is 10.1. The highest BCUT2D eigenvalue weighted by atomic mass is 16.4. The van der Waals surface area contributed by atoms with E-state index in [1.165, 1.54) is 0 Å². The van der Waals surface area contributed by atoms with E-state index in [2.05, 4.69) is 11.5 Å². The average Bonchev–Trinajstić information content (AvgIpc) is 2.47. The average molecular weight is 353 g/mol. The lowest BCUT2D eigenvalue weighted by Crippen LogP contribution is -2.34. The molecule has 0 fully saturated rings. The summed E-state index contributed by atoms with van der Waals surface area (Å²) in [4.78, 5) is 39.3. The van der Waals surface area contributed by atoms with Gasteiger partial charge in [-0.25, -0.2) is 0 Å². The number of carbonyl (C=O) groups excluding carboxylic acids is 1. The number of carbonyl (C=O) groups is 4. The van der Waals surface area contributed by atoms with Crippen LogP contribution in [0.1, 0.15) is 25.7 Å². The van der Waals surface area contributed by atoms with Crippen molar-refractivity contribution in [2.45, 2.75) is 37.8 Å². The number of primary amides is 1. The quantitative estimate of drug-likeness (QED) is 0.192. The maximum Gasteiger partial charge on any atom is 0.321 e. The van der Waals surface area contributed by atoms with Crippen LogP contribution >= 0.6 is 0 Å². The molecule has 2 atom stereocenters. The van der Waals surface area contributed by atoms with Gasteiger partial charge < -0.3 is 44.0 Å². The first kappa shape index (κ1) is 26.6. The molecule has 0 aromatic heterocycles. The first-order chi connectivity index (χ1) is 11.0. The Bertz CT molecular complexity index is 392.